The normalized spacial score (nSPS) is 17.1. The van der Waals surface area contributed by atoms with Crippen LogP contribution in [0.3, 0.4) is 0 Å². The Labute approximate surface area is 184 Å². The van der Waals surface area contributed by atoms with Gasteiger partial charge in [0.25, 0.3) is 5.91 Å². The highest BCUT2D eigenvalue weighted by Crippen LogP contribution is 2.48. The highest BCUT2D eigenvalue weighted by molar-refractivity contribution is 5.95. The van der Waals surface area contributed by atoms with Crippen molar-refractivity contribution >= 4 is 11.9 Å². The van der Waals surface area contributed by atoms with Gasteiger partial charge in [-0.3, -0.25) is 4.79 Å². The number of likely N-dealkylation sites (tertiary alicyclic amines) is 1. The van der Waals surface area contributed by atoms with E-state index >= 15 is 0 Å². The van der Waals surface area contributed by atoms with Crippen LogP contribution in [0.2, 0.25) is 0 Å². The van der Waals surface area contributed by atoms with Gasteiger partial charge in [-0.15, -0.1) is 0 Å². The summed E-state index contributed by atoms with van der Waals surface area (Å²) in [6.07, 6.45) is 1.86. The third-order valence-electron chi connectivity index (χ3n) is 6.45. The molecule has 2 N–H and O–H groups in total. The summed E-state index contributed by atoms with van der Waals surface area (Å²) >= 11 is 0. The molecule has 1 aliphatic heterocycles. The zero-order valence-electron chi connectivity index (χ0n) is 18.5. The molecule has 4 rings (SSSR count). The molecule has 0 unspecified atom stereocenters. The van der Waals surface area contributed by atoms with E-state index in [2.05, 4.69) is 30.5 Å². The van der Waals surface area contributed by atoms with Crippen LogP contribution in [0, 0.1) is 5.41 Å². The summed E-state index contributed by atoms with van der Waals surface area (Å²) < 4.78 is 5.14. The Morgan fingerprint density at radius 1 is 1.13 bits per heavy atom. The minimum Gasteiger partial charge on any atom is -0.497 e. The van der Waals surface area contributed by atoms with Gasteiger partial charge in [0.1, 0.15) is 5.75 Å². The summed E-state index contributed by atoms with van der Waals surface area (Å²) in [5.74, 6) is 1.32. The van der Waals surface area contributed by atoms with Crippen LogP contribution in [0.5, 0.6) is 5.75 Å². The number of rotatable bonds is 6. The fraction of sp³-hybridized carbons (Fsp3) is 0.440. The van der Waals surface area contributed by atoms with Crippen molar-refractivity contribution in [2.24, 2.45) is 5.41 Å². The minimum atomic E-state index is -0.145. The lowest BCUT2D eigenvalue weighted by Crippen LogP contribution is -2.67. The van der Waals surface area contributed by atoms with E-state index in [0.717, 1.165) is 42.8 Å². The van der Waals surface area contributed by atoms with Gasteiger partial charge in [0.2, 0.25) is 0 Å². The van der Waals surface area contributed by atoms with Crippen molar-refractivity contribution < 1.29 is 14.3 Å². The Bertz CT molecular complexity index is 941. The number of nitrogens with one attached hydrogen (secondary N) is 2. The maximum atomic E-state index is 12.8. The van der Waals surface area contributed by atoms with Gasteiger partial charge in [-0.25, -0.2) is 4.79 Å². The molecule has 1 saturated heterocycles. The summed E-state index contributed by atoms with van der Waals surface area (Å²) in [6, 6.07) is 15.6. The number of methoxy groups -OCH3 is 1. The van der Waals surface area contributed by atoms with Gasteiger partial charge >= 0.3 is 6.03 Å². The highest BCUT2D eigenvalue weighted by Gasteiger charge is 2.54. The molecule has 2 aromatic rings. The molecule has 1 aliphatic carbocycles. The van der Waals surface area contributed by atoms with Crippen molar-refractivity contribution in [3.63, 3.8) is 0 Å². The van der Waals surface area contributed by atoms with Gasteiger partial charge in [-0.1, -0.05) is 38.1 Å². The lowest BCUT2D eigenvalue weighted by molar-refractivity contribution is -0.0585. The molecule has 31 heavy (non-hydrogen) atoms. The molecule has 2 aliphatic rings. The van der Waals surface area contributed by atoms with E-state index in [1.165, 1.54) is 5.56 Å². The lowest BCUT2D eigenvalue weighted by Gasteiger charge is -2.59. The van der Waals surface area contributed by atoms with Gasteiger partial charge in [-0.05, 0) is 54.2 Å². The van der Waals surface area contributed by atoms with E-state index in [1.54, 1.807) is 7.11 Å². The van der Waals surface area contributed by atoms with Gasteiger partial charge in [0, 0.05) is 36.7 Å². The minimum absolute atomic E-state index is 0.113. The van der Waals surface area contributed by atoms with Crippen LogP contribution in [-0.4, -0.2) is 43.1 Å². The molecule has 0 radical (unpaired) electrons. The number of hydrogen-bond acceptors (Lipinski definition) is 3. The van der Waals surface area contributed by atoms with E-state index in [4.69, 9.17) is 4.74 Å². The van der Waals surface area contributed by atoms with E-state index in [1.807, 2.05) is 47.4 Å². The number of hydrogen-bond donors (Lipinski definition) is 2. The Hall–Kier alpha value is -3.02. The van der Waals surface area contributed by atoms with E-state index in [-0.39, 0.29) is 23.4 Å². The predicted molar refractivity (Wildman–Crippen MR) is 120 cm³/mol. The van der Waals surface area contributed by atoms with Crippen molar-refractivity contribution in [2.75, 3.05) is 20.2 Å². The second-order valence-corrected chi connectivity index (χ2v) is 9.22. The van der Waals surface area contributed by atoms with Crippen molar-refractivity contribution in [2.45, 2.75) is 45.2 Å². The number of carbonyl (C=O) groups excluding carboxylic acids is 2. The number of ether oxygens (including phenoxy) is 1. The average Bonchev–Trinajstić information content (AvgIpc) is 2.73. The second kappa shape index (κ2) is 8.61. The fourth-order valence-electron chi connectivity index (χ4n) is 4.63. The first kappa shape index (κ1) is 21.2. The number of nitrogens with zero attached hydrogens (tertiary/aromatic N) is 1. The molecular formula is C25H31N3O3. The molecule has 164 valence electrons. The van der Waals surface area contributed by atoms with E-state index in [9.17, 15) is 9.59 Å². The summed E-state index contributed by atoms with van der Waals surface area (Å²) in [5, 5.41) is 5.96. The summed E-state index contributed by atoms with van der Waals surface area (Å²) in [7, 11) is 1.63. The first-order valence-electron chi connectivity index (χ1n) is 10.9. The van der Waals surface area contributed by atoms with Crippen molar-refractivity contribution in [1.82, 2.24) is 15.5 Å². The zero-order valence-corrected chi connectivity index (χ0v) is 18.5. The van der Waals surface area contributed by atoms with Crippen LogP contribution in [0.4, 0.5) is 4.79 Å². The van der Waals surface area contributed by atoms with Crippen molar-refractivity contribution in [3.05, 3.63) is 65.2 Å². The molecule has 3 amide bonds. The smallest absolute Gasteiger partial charge is 0.315 e. The molecule has 1 saturated carbocycles. The highest BCUT2D eigenvalue weighted by atomic mass is 16.5. The summed E-state index contributed by atoms with van der Waals surface area (Å²) in [6.45, 7) is 6.31. The van der Waals surface area contributed by atoms with Gasteiger partial charge in [0.15, 0.2) is 0 Å². The Morgan fingerprint density at radius 3 is 2.48 bits per heavy atom. The van der Waals surface area contributed by atoms with Crippen molar-refractivity contribution in [1.29, 1.82) is 0 Å². The molecular weight excluding hydrogens is 390 g/mol. The quantitative estimate of drug-likeness (QED) is 0.743. The molecule has 6 heteroatoms. The van der Waals surface area contributed by atoms with E-state index in [0.29, 0.717) is 12.5 Å². The Balaban J connectivity index is 1.19. The molecule has 1 spiro atoms. The second-order valence-electron chi connectivity index (χ2n) is 9.22. The fourth-order valence-corrected chi connectivity index (χ4v) is 4.63. The van der Waals surface area contributed by atoms with Gasteiger partial charge in [-0.2, -0.15) is 0 Å². The number of amides is 3. The van der Waals surface area contributed by atoms with Crippen LogP contribution in [0.25, 0.3) is 0 Å². The monoisotopic (exact) mass is 421 g/mol. The van der Waals surface area contributed by atoms with Crippen LogP contribution < -0.4 is 15.4 Å². The third kappa shape index (κ3) is 4.68. The standard InChI is InChI=1S/C25H31N3O3/c1-17(2)19-5-4-6-20(11-19)23(29)28-15-25(16-28)12-21(13-25)27-24(30)26-14-18-7-9-22(31-3)10-8-18/h4-11,17,21H,12-16H2,1-3H3,(H2,26,27,30). The van der Waals surface area contributed by atoms with Crippen LogP contribution in [-0.2, 0) is 6.54 Å². The number of benzene rings is 2. The van der Waals surface area contributed by atoms with Crippen LogP contribution in [0.15, 0.2) is 48.5 Å². The molecule has 2 aromatic carbocycles. The summed E-state index contributed by atoms with van der Waals surface area (Å²) in [4.78, 5) is 26.9. The zero-order chi connectivity index (χ0) is 22.0. The lowest BCUT2D eigenvalue weighted by atomic mass is 9.60. The number of carbonyl (C=O) groups is 2. The van der Waals surface area contributed by atoms with E-state index < -0.39 is 0 Å². The first-order chi connectivity index (χ1) is 14.9. The van der Waals surface area contributed by atoms with Gasteiger partial charge < -0.3 is 20.3 Å². The molecule has 6 nitrogen and oxygen atoms in total. The summed E-state index contributed by atoms with van der Waals surface area (Å²) in [5.41, 5.74) is 3.16. The van der Waals surface area contributed by atoms with Crippen LogP contribution >= 0.6 is 0 Å². The number of urea groups is 1. The first-order valence-corrected chi connectivity index (χ1v) is 10.9. The van der Waals surface area contributed by atoms with Gasteiger partial charge in [0.05, 0.1) is 7.11 Å². The molecule has 2 fully saturated rings. The molecule has 0 aromatic heterocycles. The van der Waals surface area contributed by atoms with Crippen LogP contribution in [0.1, 0.15) is 54.1 Å². The molecule has 1 heterocycles. The Morgan fingerprint density at radius 2 is 1.84 bits per heavy atom. The van der Waals surface area contributed by atoms with Crippen molar-refractivity contribution in [3.8, 4) is 5.75 Å². The molecule has 0 atom stereocenters. The molecule has 0 bridgehead atoms. The predicted octanol–water partition coefficient (Wildman–Crippen LogP) is 3.92. The topological polar surface area (TPSA) is 70.7 Å². The Kier molecular flexibility index (Phi) is 5.90. The third-order valence-corrected chi connectivity index (χ3v) is 6.45. The maximum Gasteiger partial charge on any atom is 0.315 e. The average molecular weight is 422 g/mol. The largest absolute Gasteiger partial charge is 0.497 e. The maximum absolute atomic E-state index is 12.8. The SMILES string of the molecule is COc1ccc(CNC(=O)NC2CC3(C2)CN(C(=O)c2cccc(C(C)C)c2)C3)cc1.